The van der Waals surface area contributed by atoms with Gasteiger partial charge in [0.25, 0.3) is 0 Å². The van der Waals surface area contributed by atoms with E-state index >= 15 is 0 Å². The Labute approximate surface area is 152 Å². The van der Waals surface area contributed by atoms with Crippen molar-refractivity contribution in [1.82, 2.24) is 9.97 Å². The van der Waals surface area contributed by atoms with Gasteiger partial charge in [-0.1, -0.05) is 27.5 Å². The van der Waals surface area contributed by atoms with Crippen molar-refractivity contribution in [3.63, 3.8) is 0 Å². The van der Waals surface area contributed by atoms with Crippen molar-refractivity contribution in [3.8, 4) is 23.3 Å². The van der Waals surface area contributed by atoms with E-state index in [1.165, 1.54) is 6.33 Å². The van der Waals surface area contributed by atoms with Crippen LogP contribution in [0, 0.1) is 6.92 Å². The molecule has 0 radical (unpaired) electrons. The summed E-state index contributed by atoms with van der Waals surface area (Å²) in [4.78, 5) is 8.12. The Kier molecular flexibility index (Phi) is 4.87. The van der Waals surface area contributed by atoms with Crippen molar-refractivity contribution >= 4 is 33.2 Å². The summed E-state index contributed by atoms with van der Waals surface area (Å²) >= 11 is 9.38. The topological polar surface area (TPSA) is 70.3 Å². The van der Waals surface area contributed by atoms with Crippen molar-refractivity contribution in [2.45, 2.75) is 6.92 Å². The molecule has 0 saturated carbocycles. The van der Waals surface area contributed by atoms with Crippen LogP contribution in [0.3, 0.4) is 0 Å². The quantitative estimate of drug-likeness (QED) is 0.631. The van der Waals surface area contributed by atoms with Crippen molar-refractivity contribution < 1.29 is 9.47 Å². The minimum atomic E-state index is 0.216. The first-order valence-electron chi connectivity index (χ1n) is 7.01. The molecule has 3 rings (SSSR count). The van der Waals surface area contributed by atoms with E-state index in [-0.39, 0.29) is 17.4 Å². The molecule has 7 heteroatoms. The number of aryl methyl sites for hydroxylation is 1. The Hall–Kier alpha value is -2.31. The van der Waals surface area contributed by atoms with E-state index in [0.717, 1.165) is 10.0 Å². The lowest BCUT2D eigenvalue weighted by atomic mass is 10.2. The Balaban J connectivity index is 1.84. The summed E-state index contributed by atoms with van der Waals surface area (Å²) < 4.78 is 12.4. The minimum absolute atomic E-state index is 0.216. The van der Waals surface area contributed by atoms with Gasteiger partial charge in [0.1, 0.15) is 17.8 Å². The molecule has 0 aliphatic heterocycles. The average molecular weight is 407 g/mol. The van der Waals surface area contributed by atoms with E-state index in [4.69, 9.17) is 26.8 Å². The number of anilines is 1. The number of rotatable bonds is 4. The molecule has 0 spiro atoms. The van der Waals surface area contributed by atoms with Gasteiger partial charge in [-0.25, -0.2) is 0 Å². The molecule has 0 fully saturated rings. The van der Waals surface area contributed by atoms with Crippen LogP contribution in [0.15, 0.2) is 53.3 Å². The highest BCUT2D eigenvalue weighted by atomic mass is 79.9. The fraction of sp³-hybridized carbons (Fsp3) is 0.0588. The molecule has 0 bridgehead atoms. The maximum Gasteiger partial charge on any atom is 0.249 e. The zero-order valence-electron chi connectivity index (χ0n) is 12.7. The Bertz CT molecular complexity index is 872. The van der Waals surface area contributed by atoms with Crippen molar-refractivity contribution in [3.05, 3.63) is 63.9 Å². The first-order chi connectivity index (χ1) is 11.5. The fourth-order valence-corrected chi connectivity index (χ4v) is 2.32. The number of aromatic nitrogens is 2. The van der Waals surface area contributed by atoms with Gasteiger partial charge >= 0.3 is 0 Å². The summed E-state index contributed by atoms with van der Waals surface area (Å²) in [6.45, 7) is 1.89. The highest BCUT2D eigenvalue weighted by molar-refractivity contribution is 9.10. The summed E-state index contributed by atoms with van der Waals surface area (Å²) in [5.41, 5.74) is 7.18. The number of hydrogen-bond donors (Lipinski definition) is 1. The maximum absolute atomic E-state index is 6.07. The summed E-state index contributed by atoms with van der Waals surface area (Å²) in [6.07, 6.45) is 1.34. The van der Waals surface area contributed by atoms with Crippen LogP contribution in [-0.2, 0) is 0 Å². The molecule has 1 aromatic heterocycles. The fourth-order valence-electron chi connectivity index (χ4n) is 1.93. The molecule has 2 aromatic carbocycles. The molecule has 2 N–H and O–H groups in total. The van der Waals surface area contributed by atoms with Crippen molar-refractivity contribution in [2.24, 2.45) is 0 Å². The summed E-state index contributed by atoms with van der Waals surface area (Å²) in [5.74, 6) is 1.64. The van der Waals surface area contributed by atoms with Crippen LogP contribution >= 0.6 is 27.5 Å². The van der Waals surface area contributed by atoms with Crippen LogP contribution in [0.2, 0.25) is 5.02 Å². The van der Waals surface area contributed by atoms with Crippen LogP contribution < -0.4 is 15.2 Å². The second-order valence-electron chi connectivity index (χ2n) is 4.97. The van der Waals surface area contributed by atoms with Gasteiger partial charge in [-0.15, -0.1) is 0 Å². The van der Waals surface area contributed by atoms with Crippen molar-refractivity contribution in [1.29, 1.82) is 0 Å². The Morgan fingerprint density at radius 2 is 1.54 bits per heavy atom. The number of nitrogens with two attached hydrogens (primary N) is 1. The van der Waals surface area contributed by atoms with Gasteiger partial charge < -0.3 is 15.2 Å². The maximum atomic E-state index is 6.07. The second kappa shape index (κ2) is 7.07. The predicted octanol–water partition coefficient (Wildman–Crippen LogP) is 5.37. The van der Waals surface area contributed by atoms with Crippen LogP contribution in [0.1, 0.15) is 5.56 Å². The molecule has 0 atom stereocenters. The molecule has 24 heavy (non-hydrogen) atoms. The van der Waals surface area contributed by atoms with E-state index in [9.17, 15) is 0 Å². The first-order valence-corrected chi connectivity index (χ1v) is 8.18. The van der Waals surface area contributed by atoms with Gasteiger partial charge in [0.2, 0.25) is 11.8 Å². The molecule has 122 valence electrons. The highest BCUT2D eigenvalue weighted by Crippen LogP contribution is 2.34. The number of nitrogens with zero attached hydrogens (tertiary/aromatic N) is 2. The standard InChI is InChI=1S/C17H13BrClN3O2/c1-10-8-13(6-7-14(10)19)24-17-15(20)16(21-9-22-17)23-12-4-2-11(18)3-5-12/h2-9H,20H2,1H3. The van der Waals surface area contributed by atoms with E-state index in [1.807, 2.05) is 19.1 Å². The lowest BCUT2D eigenvalue weighted by Gasteiger charge is -2.11. The van der Waals surface area contributed by atoms with Crippen LogP contribution in [0.5, 0.6) is 23.3 Å². The summed E-state index contributed by atoms with van der Waals surface area (Å²) in [6, 6.07) is 12.6. The van der Waals surface area contributed by atoms with Gasteiger partial charge in [0.05, 0.1) is 0 Å². The number of ether oxygens (including phenoxy) is 2. The third-order valence-electron chi connectivity index (χ3n) is 3.18. The Morgan fingerprint density at radius 1 is 0.958 bits per heavy atom. The van der Waals surface area contributed by atoms with Gasteiger partial charge in [-0.3, -0.25) is 0 Å². The molecular weight excluding hydrogens is 394 g/mol. The van der Waals surface area contributed by atoms with Crippen LogP contribution in [0.25, 0.3) is 0 Å². The Morgan fingerprint density at radius 3 is 2.17 bits per heavy atom. The lowest BCUT2D eigenvalue weighted by Crippen LogP contribution is -2.00. The minimum Gasteiger partial charge on any atom is -0.437 e. The van der Waals surface area contributed by atoms with Gasteiger partial charge in [-0.05, 0) is 55.0 Å². The molecule has 1 heterocycles. The normalized spacial score (nSPS) is 10.5. The third kappa shape index (κ3) is 3.77. The zero-order chi connectivity index (χ0) is 17.1. The monoisotopic (exact) mass is 405 g/mol. The largest absolute Gasteiger partial charge is 0.437 e. The average Bonchev–Trinajstić information content (AvgIpc) is 2.57. The smallest absolute Gasteiger partial charge is 0.249 e. The first kappa shape index (κ1) is 16.5. The molecule has 0 unspecified atom stereocenters. The van der Waals surface area contributed by atoms with Gasteiger partial charge in [-0.2, -0.15) is 9.97 Å². The molecular formula is C17H13BrClN3O2. The number of nitrogen functional groups attached to an aromatic ring is 1. The summed E-state index contributed by atoms with van der Waals surface area (Å²) in [5, 5.41) is 0.664. The third-order valence-corrected chi connectivity index (χ3v) is 4.14. The van der Waals surface area contributed by atoms with E-state index < -0.39 is 0 Å². The highest BCUT2D eigenvalue weighted by Gasteiger charge is 2.13. The van der Waals surface area contributed by atoms with Crippen LogP contribution in [-0.4, -0.2) is 9.97 Å². The zero-order valence-corrected chi connectivity index (χ0v) is 15.0. The molecule has 0 aliphatic rings. The second-order valence-corrected chi connectivity index (χ2v) is 6.29. The molecule has 0 aliphatic carbocycles. The SMILES string of the molecule is Cc1cc(Oc2ncnc(Oc3ccc(Br)cc3)c2N)ccc1Cl. The number of benzene rings is 2. The van der Waals surface area contributed by atoms with Gasteiger partial charge in [0, 0.05) is 9.50 Å². The van der Waals surface area contributed by atoms with Crippen LogP contribution in [0.4, 0.5) is 5.69 Å². The molecule has 0 saturated heterocycles. The number of halogens is 2. The van der Waals surface area contributed by atoms with E-state index in [2.05, 4.69) is 25.9 Å². The van der Waals surface area contributed by atoms with E-state index in [1.54, 1.807) is 30.3 Å². The van der Waals surface area contributed by atoms with Gasteiger partial charge in [0.15, 0.2) is 5.69 Å². The number of hydrogen-bond acceptors (Lipinski definition) is 5. The molecule has 5 nitrogen and oxygen atoms in total. The molecule has 0 amide bonds. The lowest BCUT2D eigenvalue weighted by molar-refractivity contribution is 0.438. The van der Waals surface area contributed by atoms with E-state index in [0.29, 0.717) is 16.5 Å². The van der Waals surface area contributed by atoms with Crippen molar-refractivity contribution in [2.75, 3.05) is 5.73 Å². The predicted molar refractivity (Wildman–Crippen MR) is 96.9 cm³/mol. The molecule has 3 aromatic rings. The summed E-state index contributed by atoms with van der Waals surface area (Å²) in [7, 11) is 0.